The lowest BCUT2D eigenvalue weighted by Crippen LogP contribution is -2.31. The minimum atomic E-state index is -3.88. The molecule has 6 nitrogen and oxygen atoms in total. The molecule has 0 N–H and O–H groups in total. The molecule has 28 heavy (non-hydrogen) atoms. The van der Waals surface area contributed by atoms with Gasteiger partial charge in [-0.05, 0) is 55.3 Å². The molecule has 10 heteroatoms. The Kier molecular flexibility index (Phi) is 5.37. The number of hydrogen-bond acceptors (Lipinski definition) is 5. The van der Waals surface area contributed by atoms with Gasteiger partial charge in [0.1, 0.15) is 10.9 Å². The van der Waals surface area contributed by atoms with Gasteiger partial charge < -0.3 is 4.52 Å². The summed E-state index contributed by atoms with van der Waals surface area (Å²) in [5, 5.41) is 4.99. The van der Waals surface area contributed by atoms with Crippen LogP contribution in [0.3, 0.4) is 0 Å². The van der Waals surface area contributed by atoms with E-state index in [1.807, 2.05) is 0 Å². The van der Waals surface area contributed by atoms with Gasteiger partial charge >= 0.3 is 0 Å². The molecule has 0 spiro atoms. The zero-order valence-corrected chi connectivity index (χ0v) is 17.4. The van der Waals surface area contributed by atoms with Gasteiger partial charge in [0.05, 0.1) is 5.02 Å². The Morgan fingerprint density at radius 3 is 2.50 bits per heavy atom. The topological polar surface area (TPSA) is 76.3 Å². The second-order valence-electron chi connectivity index (χ2n) is 6.31. The molecule has 1 aliphatic rings. The minimum Gasteiger partial charge on any atom is -0.337 e. The van der Waals surface area contributed by atoms with Gasteiger partial charge in [0.15, 0.2) is 0 Å². The summed E-state index contributed by atoms with van der Waals surface area (Å²) in [6, 6.07) is 10.8. The summed E-state index contributed by atoms with van der Waals surface area (Å²) in [6.07, 6.45) is 1.24. The molecule has 0 saturated carbocycles. The van der Waals surface area contributed by atoms with E-state index in [0.29, 0.717) is 35.3 Å². The number of rotatable bonds is 4. The number of benzene rings is 2. The lowest BCUT2D eigenvalue weighted by atomic mass is 10.2. The first kappa shape index (κ1) is 19.7. The van der Waals surface area contributed by atoms with E-state index in [4.69, 9.17) is 39.3 Å². The zero-order valence-electron chi connectivity index (χ0n) is 14.3. The van der Waals surface area contributed by atoms with Gasteiger partial charge in [-0.3, -0.25) is 0 Å². The van der Waals surface area contributed by atoms with Crippen molar-refractivity contribution in [2.24, 2.45) is 0 Å². The lowest BCUT2D eigenvalue weighted by Gasteiger charge is -2.22. The van der Waals surface area contributed by atoms with Crippen LogP contribution in [0.4, 0.5) is 0 Å². The van der Waals surface area contributed by atoms with Crippen molar-refractivity contribution in [2.45, 2.75) is 23.8 Å². The molecule has 3 aromatic rings. The van der Waals surface area contributed by atoms with Crippen molar-refractivity contribution in [3.8, 4) is 11.4 Å². The lowest BCUT2D eigenvalue weighted by molar-refractivity contribution is 0.290. The van der Waals surface area contributed by atoms with E-state index in [0.717, 1.165) is 5.56 Å². The molecule has 1 fully saturated rings. The molecule has 0 radical (unpaired) electrons. The molecule has 2 heterocycles. The van der Waals surface area contributed by atoms with Crippen molar-refractivity contribution in [1.82, 2.24) is 14.4 Å². The summed E-state index contributed by atoms with van der Waals surface area (Å²) < 4.78 is 33.1. The maximum atomic E-state index is 13.2. The van der Waals surface area contributed by atoms with Crippen molar-refractivity contribution < 1.29 is 12.9 Å². The fraction of sp³-hybridized carbons (Fsp3) is 0.222. The van der Waals surface area contributed by atoms with Gasteiger partial charge in [-0.25, -0.2) is 8.42 Å². The Bertz CT molecular complexity index is 1120. The normalized spacial score (nSPS) is 17.9. The van der Waals surface area contributed by atoms with E-state index < -0.39 is 16.1 Å². The van der Waals surface area contributed by atoms with Crippen molar-refractivity contribution in [1.29, 1.82) is 0 Å². The van der Waals surface area contributed by atoms with Crippen molar-refractivity contribution in [2.75, 3.05) is 6.54 Å². The van der Waals surface area contributed by atoms with Crippen LogP contribution in [0, 0.1) is 0 Å². The quantitative estimate of drug-likeness (QED) is 0.535. The summed E-state index contributed by atoms with van der Waals surface area (Å²) in [7, 11) is -3.88. The molecule has 1 unspecified atom stereocenters. The molecule has 2 aromatic carbocycles. The zero-order chi connectivity index (χ0) is 19.9. The van der Waals surface area contributed by atoms with E-state index >= 15 is 0 Å². The number of halogens is 3. The highest BCUT2D eigenvalue weighted by Crippen LogP contribution is 2.38. The Labute approximate surface area is 177 Å². The van der Waals surface area contributed by atoms with Crippen LogP contribution in [0.15, 0.2) is 51.9 Å². The Hall–Kier alpha value is -1.64. The SMILES string of the molecule is O=S(=O)(c1cc(Cl)ccc1Cl)N1CCCC1c1nc(-c2ccc(Cl)cc2)no1. The van der Waals surface area contributed by atoms with Gasteiger partial charge in [-0.1, -0.05) is 40.0 Å². The van der Waals surface area contributed by atoms with E-state index in [9.17, 15) is 8.42 Å². The first-order chi connectivity index (χ1) is 13.4. The Morgan fingerprint density at radius 1 is 1.04 bits per heavy atom. The van der Waals surface area contributed by atoms with Gasteiger partial charge in [-0.2, -0.15) is 9.29 Å². The molecule has 0 aliphatic carbocycles. The van der Waals surface area contributed by atoms with Gasteiger partial charge in [-0.15, -0.1) is 0 Å². The molecular weight excluding hydrogens is 445 g/mol. The summed E-state index contributed by atoms with van der Waals surface area (Å²) in [4.78, 5) is 4.37. The van der Waals surface area contributed by atoms with Gasteiger partial charge in [0.2, 0.25) is 21.7 Å². The van der Waals surface area contributed by atoms with Crippen LogP contribution in [0.1, 0.15) is 24.8 Å². The average Bonchev–Trinajstić information content (AvgIpc) is 3.33. The summed E-state index contributed by atoms with van der Waals surface area (Å²) in [5.41, 5.74) is 0.727. The van der Waals surface area contributed by atoms with Gasteiger partial charge in [0, 0.05) is 22.2 Å². The highest BCUT2D eigenvalue weighted by atomic mass is 35.5. The first-order valence-corrected chi connectivity index (χ1v) is 11.0. The van der Waals surface area contributed by atoms with Crippen LogP contribution in [0.25, 0.3) is 11.4 Å². The fourth-order valence-electron chi connectivity index (χ4n) is 3.16. The smallest absolute Gasteiger partial charge is 0.245 e. The van der Waals surface area contributed by atoms with Crippen LogP contribution >= 0.6 is 34.8 Å². The van der Waals surface area contributed by atoms with Gasteiger partial charge in [0.25, 0.3) is 0 Å². The van der Waals surface area contributed by atoms with Crippen LogP contribution in [-0.4, -0.2) is 29.4 Å². The van der Waals surface area contributed by atoms with E-state index in [-0.39, 0.29) is 15.8 Å². The van der Waals surface area contributed by atoms with Crippen LogP contribution in [-0.2, 0) is 10.0 Å². The molecule has 1 aromatic heterocycles. The van der Waals surface area contributed by atoms with Crippen molar-refractivity contribution in [3.05, 3.63) is 63.4 Å². The van der Waals surface area contributed by atoms with Crippen LogP contribution in [0.2, 0.25) is 15.1 Å². The number of aromatic nitrogens is 2. The number of sulfonamides is 1. The van der Waals surface area contributed by atoms with Crippen LogP contribution in [0.5, 0.6) is 0 Å². The number of hydrogen-bond donors (Lipinski definition) is 0. The fourth-order valence-corrected chi connectivity index (χ4v) is 5.68. The first-order valence-electron chi connectivity index (χ1n) is 8.43. The monoisotopic (exact) mass is 457 g/mol. The maximum absolute atomic E-state index is 13.2. The van der Waals surface area contributed by atoms with Crippen molar-refractivity contribution >= 4 is 44.8 Å². The van der Waals surface area contributed by atoms with Crippen LogP contribution < -0.4 is 0 Å². The molecule has 0 bridgehead atoms. The summed E-state index contributed by atoms with van der Waals surface area (Å²) in [5.74, 6) is 0.612. The number of nitrogens with zero attached hydrogens (tertiary/aromatic N) is 3. The molecule has 1 atom stereocenters. The largest absolute Gasteiger partial charge is 0.337 e. The van der Waals surface area contributed by atoms with E-state index in [2.05, 4.69) is 10.1 Å². The molecule has 0 amide bonds. The minimum absolute atomic E-state index is 0.0361. The highest BCUT2D eigenvalue weighted by molar-refractivity contribution is 7.89. The predicted octanol–water partition coefficient (Wildman–Crippen LogP) is 5.22. The van der Waals surface area contributed by atoms with E-state index in [1.54, 1.807) is 30.3 Å². The second kappa shape index (κ2) is 7.65. The standard InChI is InChI=1S/C18H14Cl3N3O3S/c19-12-5-3-11(4-6-12)17-22-18(27-23-17)15-2-1-9-24(15)28(25,26)16-10-13(20)7-8-14(16)21/h3-8,10,15H,1-2,9H2. The third-order valence-electron chi connectivity index (χ3n) is 4.51. The average molecular weight is 459 g/mol. The second-order valence-corrected chi connectivity index (χ2v) is 9.45. The Morgan fingerprint density at radius 2 is 1.75 bits per heavy atom. The molecule has 146 valence electrons. The summed E-state index contributed by atoms with van der Waals surface area (Å²) >= 11 is 18.0. The third kappa shape index (κ3) is 3.65. The molecule has 1 saturated heterocycles. The molecular formula is C18H14Cl3N3O3S. The summed E-state index contributed by atoms with van der Waals surface area (Å²) in [6.45, 7) is 0.328. The molecule has 1 aliphatic heterocycles. The molecule has 4 rings (SSSR count). The highest BCUT2D eigenvalue weighted by Gasteiger charge is 2.40. The predicted molar refractivity (Wildman–Crippen MR) is 107 cm³/mol. The maximum Gasteiger partial charge on any atom is 0.245 e. The van der Waals surface area contributed by atoms with E-state index in [1.165, 1.54) is 16.4 Å². The third-order valence-corrected chi connectivity index (χ3v) is 7.39. The Balaban J connectivity index is 1.67. The van der Waals surface area contributed by atoms with Crippen molar-refractivity contribution in [3.63, 3.8) is 0 Å².